The third-order valence-electron chi connectivity index (χ3n) is 4.35. The Hall–Kier alpha value is -1.38. The average molecular weight is 289 g/mol. The van der Waals surface area contributed by atoms with Crippen LogP contribution in [0.4, 0.5) is 0 Å². The van der Waals surface area contributed by atoms with Crippen LogP contribution in [0.25, 0.3) is 10.8 Å². The summed E-state index contributed by atoms with van der Waals surface area (Å²) in [6, 6.07) is 11.4. The van der Waals surface area contributed by atoms with Crippen LogP contribution >= 0.6 is 11.6 Å². The Bertz CT molecular complexity index is 654. The maximum Gasteiger partial charge on any atom is 0.166 e. The molecule has 1 fully saturated rings. The van der Waals surface area contributed by atoms with Gasteiger partial charge in [-0.2, -0.15) is 0 Å². The molecule has 0 radical (unpaired) electrons. The van der Waals surface area contributed by atoms with Gasteiger partial charge in [0.2, 0.25) is 0 Å². The van der Waals surface area contributed by atoms with Crippen molar-refractivity contribution in [2.24, 2.45) is 0 Å². The smallest absolute Gasteiger partial charge is 0.166 e. The molecule has 104 valence electrons. The Labute approximate surface area is 123 Å². The number of carbonyl (C=O) groups excluding carboxylic acids is 1. The number of benzene rings is 2. The molecule has 0 bridgehead atoms. The van der Waals surface area contributed by atoms with Gasteiger partial charge >= 0.3 is 0 Å². The minimum atomic E-state index is -0.238. The van der Waals surface area contributed by atoms with Gasteiger partial charge in [-0.25, -0.2) is 0 Å². The van der Waals surface area contributed by atoms with Crippen LogP contribution in [-0.4, -0.2) is 18.5 Å². The van der Waals surface area contributed by atoms with Gasteiger partial charge in [0.15, 0.2) is 5.78 Å². The molecule has 1 aliphatic carbocycles. The second kappa shape index (κ2) is 5.19. The summed E-state index contributed by atoms with van der Waals surface area (Å²) in [5.41, 5.74) is 0.506. The van der Waals surface area contributed by atoms with Gasteiger partial charge in [0.05, 0.1) is 5.60 Å². The van der Waals surface area contributed by atoms with Crippen LogP contribution in [0.2, 0.25) is 5.02 Å². The number of carbonyl (C=O) groups is 1. The van der Waals surface area contributed by atoms with Crippen molar-refractivity contribution < 1.29 is 9.53 Å². The third kappa shape index (κ3) is 2.23. The first-order valence-electron chi connectivity index (χ1n) is 6.91. The fourth-order valence-electron chi connectivity index (χ4n) is 2.92. The molecule has 3 rings (SSSR count). The van der Waals surface area contributed by atoms with E-state index in [1.54, 1.807) is 13.2 Å². The zero-order valence-corrected chi connectivity index (χ0v) is 12.2. The van der Waals surface area contributed by atoms with Crippen LogP contribution in [0, 0.1) is 0 Å². The van der Waals surface area contributed by atoms with E-state index in [-0.39, 0.29) is 11.4 Å². The van der Waals surface area contributed by atoms with Crippen LogP contribution in [0.5, 0.6) is 0 Å². The van der Waals surface area contributed by atoms with Crippen LogP contribution in [0.1, 0.15) is 36.0 Å². The number of hydrogen-bond donors (Lipinski definition) is 0. The molecule has 2 nitrogen and oxygen atoms in total. The van der Waals surface area contributed by atoms with Crippen molar-refractivity contribution >= 4 is 28.2 Å². The second-order valence-corrected chi connectivity index (χ2v) is 5.89. The first-order chi connectivity index (χ1) is 9.65. The normalized spacial score (nSPS) is 16.9. The number of ether oxygens (including phenoxy) is 1. The molecular weight excluding hydrogens is 272 g/mol. The highest BCUT2D eigenvalue weighted by atomic mass is 35.5. The molecule has 0 aliphatic heterocycles. The van der Waals surface area contributed by atoms with Gasteiger partial charge in [0.1, 0.15) is 0 Å². The molecule has 2 aromatic rings. The van der Waals surface area contributed by atoms with Gasteiger partial charge in [0.25, 0.3) is 0 Å². The highest BCUT2D eigenvalue weighted by molar-refractivity contribution is 6.36. The molecule has 1 aliphatic rings. The van der Waals surface area contributed by atoms with E-state index < -0.39 is 0 Å². The predicted octanol–water partition coefficient (Wildman–Crippen LogP) is 4.64. The summed E-state index contributed by atoms with van der Waals surface area (Å²) >= 11 is 6.20. The first-order valence-corrected chi connectivity index (χ1v) is 7.29. The molecule has 0 saturated heterocycles. The molecule has 0 heterocycles. The Morgan fingerprint density at radius 3 is 2.50 bits per heavy atom. The number of ketones is 1. The molecule has 2 aromatic carbocycles. The third-order valence-corrected chi connectivity index (χ3v) is 4.68. The number of hydrogen-bond acceptors (Lipinski definition) is 2. The van der Waals surface area contributed by atoms with Gasteiger partial charge in [-0.05, 0) is 36.8 Å². The highest BCUT2D eigenvalue weighted by Crippen LogP contribution is 2.39. The SMILES string of the molecule is COC1(CC(=O)c2ccc(Cl)c3ccccc23)CCC1. The standard InChI is InChI=1S/C17H17ClO2/c1-20-17(9-4-10-17)11-16(19)14-7-8-15(18)13-6-3-2-5-12(13)14/h2-3,5-8H,4,9-11H2,1H3. The van der Waals surface area contributed by atoms with E-state index in [9.17, 15) is 4.79 Å². The van der Waals surface area contributed by atoms with Crippen molar-refractivity contribution in [3.63, 3.8) is 0 Å². The molecule has 0 amide bonds. The van der Waals surface area contributed by atoms with Crippen LogP contribution in [0.3, 0.4) is 0 Å². The van der Waals surface area contributed by atoms with Crippen molar-refractivity contribution in [2.45, 2.75) is 31.3 Å². The summed E-state index contributed by atoms with van der Waals surface area (Å²) in [7, 11) is 1.70. The number of fused-ring (bicyclic) bond motifs is 1. The Balaban J connectivity index is 1.98. The zero-order chi connectivity index (χ0) is 14.2. The van der Waals surface area contributed by atoms with Gasteiger partial charge in [-0.1, -0.05) is 35.9 Å². The first kappa shape index (κ1) is 13.6. The number of rotatable bonds is 4. The predicted molar refractivity (Wildman–Crippen MR) is 81.5 cm³/mol. The monoisotopic (exact) mass is 288 g/mol. The fourth-order valence-corrected chi connectivity index (χ4v) is 3.15. The summed E-state index contributed by atoms with van der Waals surface area (Å²) in [5, 5.41) is 2.54. The lowest BCUT2D eigenvalue weighted by molar-refractivity contribution is -0.0704. The van der Waals surface area contributed by atoms with Crippen LogP contribution in [0.15, 0.2) is 36.4 Å². The molecule has 20 heavy (non-hydrogen) atoms. The summed E-state index contributed by atoms with van der Waals surface area (Å²) in [5.74, 6) is 0.138. The number of Topliss-reactive ketones (excluding diaryl/α,β-unsaturated/α-hetero) is 1. The van der Waals surface area contributed by atoms with Crippen LogP contribution in [-0.2, 0) is 4.74 Å². The topological polar surface area (TPSA) is 26.3 Å². The van der Waals surface area contributed by atoms with E-state index in [4.69, 9.17) is 16.3 Å². The summed E-state index contributed by atoms with van der Waals surface area (Å²) in [6.45, 7) is 0. The fraction of sp³-hybridized carbons (Fsp3) is 0.353. The van der Waals surface area contributed by atoms with Crippen molar-refractivity contribution in [3.8, 4) is 0 Å². The lowest BCUT2D eigenvalue weighted by Crippen LogP contribution is -2.41. The second-order valence-electron chi connectivity index (χ2n) is 5.48. The molecule has 0 aromatic heterocycles. The van der Waals surface area contributed by atoms with Crippen molar-refractivity contribution in [2.75, 3.05) is 7.11 Å². The average Bonchev–Trinajstić information content (AvgIpc) is 2.43. The van der Waals surface area contributed by atoms with E-state index in [1.165, 1.54) is 0 Å². The molecular formula is C17H17ClO2. The van der Waals surface area contributed by atoms with Gasteiger partial charge in [-0.15, -0.1) is 0 Å². The van der Waals surface area contributed by atoms with Crippen LogP contribution < -0.4 is 0 Å². The minimum Gasteiger partial charge on any atom is -0.378 e. The summed E-state index contributed by atoms with van der Waals surface area (Å²) in [4.78, 5) is 12.6. The highest BCUT2D eigenvalue weighted by Gasteiger charge is 2.39. The van der Waals surface area contributed by atoms with E-state index in [2.05, 4.69) is 0 Å². The molecule has 0 N–H and O–H groups in total. The van der Waals surface area contributed by atoms with Crippen molar-refractivity contribution in [1.29, 1.82) is 0 Å². The van der Waals surface area contributed by atoms with E-state index in [0.29, 0.717) is 11.4 Å². The molecule has 0 atom stereocenters. The Morgan fingerprint density at radius 2 is 1.90 bits per heavy atom. The number of methoxy groups -OCH3 is 1. The lowest BCUT2D eigenvalue weighted by Gasteiger charge is -2.40. The molecule has 0 unspecified atom stereocenters. The minimum absolute atomic E-state index is 0.138. The van der Waals surface area contributed by atoms with Crippen molar-refractivity contribution in [3.05, 3.63) is 47.0 Å². The molecule has 3 heteroatoms. The largest absolute Gasteiger partial charge is 0.378 e. The maximum atomic E-state index is 12.6. The van der Waals surface area contributed by atoms with Gasteiger partial charge in [-0.3, -0.25) is 4.79 Å². The Kier molecular flexibility index (Phi) is 3.53. The molecule has 1 saturated carbocycles. The quantitative estimate of drug-likeness (QED) is 0.766. The number of halogens is 1. The van der Waals surface area contributed by atoms with Gasteiger partial charge < -0.3 is 4.74 Å². The van der Waals surface area contributed by atoms with E-state index in [1.807, 2.05) is 30.3 Å². The van der Waals surface area contributed by atoms with Gasteiger partial charge in [0, 0.05) is 29.5 Å². The van der Waals surface area contributed by atoms with E-state index in [0.717, 1.165) is 35.6 Å². The maximum absolute atomic E-state index is 12.6. The lowest BCUT2D eigenvalue weighted by atomic mass is 9.75. The molecule has 0 spiro atoms. The zero-order valence-electron chi connectivity index (χ0n) is 11.5. The van der Waals surface area contributed by atoms with E-state index >= 15 is 0 Å². The summed E-state index contributed by atoms with van der Waals surface area (Å²) < 4.78 is 5.55. The summed E-state index contributed by atoms with van der Waals surface area (Å²) in [6.07, 6.45) is 3.54. The van der Waals surface area contributed by atoms with Crippen molar-refractivity contribution in [1.82, 2.24) is 0 Å². The Morgan fingerprint density at radius 1 is 1.20 bits per heavy atom.